The highest BCUT2D eigenvalue weighted by Crippen LogP contribution is 2.02. The van der Waals surface area contributed by atoms with Crippen LogP contribution < -0.4 is 16.8 Å². The van der Waals surface area contributed by atoms with Gasteiger partial charge in [0.2, 0.25) is 5.91 Å². The minimum absolute atomic E-state index is 0.298. The standard InChI is InChI=1S/C8H15F2N3O/c9-8(10)6(3-1-2-4-11)13-7(14)5-12/h1,3,6,8H,2,4-5,11-12H2,(H,13,14). The maximum atomic E-state index is 12.3. The summed E-state index contributed by atoms with van der Waals surface area (Å²) in [5.74, 6) is -0.604. The third kappa shape index (κ3) is 5.60. The van der Waals surface area contributed by atoms with Gasteiger partial charge in [-0.2, -0.15) is 0 Å². The Bertz CT molecular complexity index is 197. The SMILES string of the molecule is NCCC=CC(NC(=O)CN)C(F)F. The van der Waals surface area contributed by atoms with Gasteiger partial charge in [0, 0.05) is 0 Å². The molecule has 0 saturated heterocycles. The van der Waals surface area contributed by atoms with E-state index in [1.807, 2.05) is 0 Å². The minimum Gasteiger partial charge on any atom is -0.343 e. The van der Waals surface area contributed by atoms with E-state index < -0.39 is 18.4 Å². The number of carbonyl (C=O) groups excluding carboxylic acids is 1. The molecule has 1 atom stereocenters. The molecule has 0 aromatic carbocycles. The first-order chi connectivity index (χ1) is 6.61. The normalized spacial score (nSPS) is 13.5. The van der Waals surface area contributed by atoms with Gasteiger partial charge in [0.1, 0.15) is 6.04 Å². The molecule has 0 aliphatic rings. The molecule has 82 valence electrons. The van der Waals surface area contributed by atoms with Gasteiger partial charge in [-0.3, -0.25) is 4.79 Å². The summed E-state index contributed by atoms with van der Waals surface area (Å²) in [7, 11) is 0. The maximum Gasteiger partial charge on any atom is 0.262 e. The van der Waals surface area contributed by atoms with E-state index in [0.717, 1.165) is 0 Å². The van der Waals surface area contributed by atoms with Crippen molar-refractivity contribution < 1.29 is 13.6 Å². The van der Waals surface area contributed by atoms with Crippen molar-refractivity contribution in [3.63, 3.8) is 0 Å². The third-order valence-electron chi connectivity index (χ3n) is 1.46. The van der Waals surface area contributed by atoms with E-state index in [9.17, 15) is 13.6 Å². The number of amides is 1. The van der Waals surface area contributed by atoms with Gasteiger partial charge in [-0.05, 0) is 13.0 Å². The van der Waals surface area contributed by atoms with Gasteiger partial charge in [-0.15, -0.1) is 0 Å². The Labute approximate surface area is 81.3 Å². The number of hydrogen-bond acceptors (Lipinski definition) is 3. The van der Waals surface area contributed by atoms with E-state index in [0.29, 0.717) is 13.0 Å². The van der Waals surface area contributed by atoms with Gasteiger partial charge in [-0.1, -0.05) is 12.2 Å². The number of nitrogens with one attached hydrogen (secondary N) is 1. The molecule has 4 nitrogen and oxygen atoms in total. The Hall–Kier alpha value is -1.01. The van der Waals surface area contributed by atoms with Crippen LogP contribution in [0.15, 0.2) is 12.2 Å². The highest BCUT2D eigenvalue weighted by atomic mass is 19.3. The van der Waals surface area contributed by atoms with Gasteiger partial charge in [0.15, 0.2) is 0 Å². The second kappa shape index (κ2) is 7.40. The number of hydrogen-bond donors (Lipinski definition) is 3. The van der Waals surface area contributed by atoms with Gasteiger partial charge in [-0.25, -0.2) is 8.78 Å². The fourth-order valence-corrected chi connectivity index (χ4v) is 0.779. The molecule has 0 aromatic rings. The maximum absolute atomic E-state index is 12.3. The van der Waals surface area contributed by atoms with E-state index >= 15 is 0 Å². The zero-order chi connectivity index (χ0) is 11.0. The molecule has 0 heterocycles. The summed E-state index contributed by atoms with van der Waals surface area (Å²) >= 11 is 0. The summed E-state index contributed by atoms with van der Waals surface area (Å²) < 4.78 is 24.6. The molecule has 0 radical (unpaired) electrons. The Morgan fingerprint density at radius 1 is 1.43 bits per heavy atom. The van der Waals surface area contributed by atoms with Crippen molar-refractivity contribution in [3.05, 3.63) is 12.2 Å². The average Bonchev–Trinajstić information content (AvgIpc) is 2.16. The summed E-state index contributed by atoms with van der Waals surface area (Å²) in [5.41, 5.74) is 10.1. The van der Waals surface area contributed by atoms with Gasteiger partial charge < -0.3 is 16.8 Å². The zero-order valence-electron chi connectivity index (χ0n) is 7.75. The van der Waals surface area contributed by atoms with E-state index in [4.69, 9.17) is 11.5 Å². The van der Waals surface area contributed by atoms with Crippen LogP contribution in [0.2, 0.25) is 0 Å². The number of halogens is 2. The van der Waals surface area contributed by atoms with Gasteiger partial charge in [0.25, 0.3) is 6.43 Å². The lowest BCUT2D eigenvalue weighted by atomic mass is 10.2. The lowest BCUT2D eigenvalue weighted by molar-refractivity contribution is -0.121. The summed E-state index contributed by atoms with van der Waals surface area (Å²) in [5, 5.41) is 2.08. The summed E-state index contributed by atoms with van der Waals surface area (Å²) in [6.07, 6.45) is 0.597. The highest BCUT2D eigenvalue weighted by Gasteiger charge is 2.18. The fourth-order valence-electron chi connectivity index (χ4n) is 0.779. The van der Waals surface area contributed by atoms with Gasteiger partial charge in [0.05, 0.1) is 6.54 Å². The first kappa shape index (κ1) is 13.0. The summed E-state index contributed by atoms with van der Waals surface area (Å²) in [4.78, 5) is 10.7. The zero-order valence-corrected chi connectivity index (χ0v) is 7.75. The van der Waals surface area contributed by atoms with Crippen molar-refractivity contribution in [2.24, 2.45) is 11.5 Å². The molecule has 0 saturated carbocycles. The molecule has 5 N–H and O–H groups in total. The monoisotopic (exact) mass is 207 g/mol. The lowest BCUT2D eigenvalue weighted by Crippen LogP contribution is -2.41. The van der Waals surface area contributed by atoms with Crippen LogP contribution in [0.5, 0.6) is 0 Å². The largest absolute Gasteiger partial charge is 0.343 e. The molecule has 0 aromatic heterocycles. The molecule has 0 fully saturated rings. The smallest absolute Gasteiger partial charge is 0.262 e. The molecule has 1 unspecified atom stereocenters. The Kier molecular flexibility index (Phi) is 6.87. The van der Waals surface area contributed by atoms with E-state index in [2.05, 4.69) is 5.32 Å². The number of alkyl halides is 2. The van der Waals surface area contributed by atoms with E-state index in [1.165, 1.54) is 12.2 Å². The van der Waals surface area contributed by atoms with Crippen molar-refractivity contribution in [1.29, 1.82) is 0 Å². The second-order valence-corrected chi connectivity index (χ2v) is 2.64. The second-order valence-electron chi connectivity index (χ2n) is 2.64. The van der Waals surface area contributed by atoms with Crippen LogP contribution in [-0.4, -0.2) is 31.5 Å². The van der Waals surface area contributed by atoms with Crippen LogP contribution in [-0.2, 0) is 4.79 Å². The minimum atomic E-state index is -2.64. The Morgan fingerprint density at radius 2 is 2.07 bits per heavy atom. The lowest BCUT2D eigenvalue weighted by Gasteiger charge is -2.13. The molecule has 14 heavy (non-hydrogen) atoms. The quantitative estimate of drug-likeness (QED) is 0.518. The van der Waals surface area contributed by atoms with Gasteiger partial charge >= 0.3 is 0 Å². The van der Waals surface area contributed by atoms with Crippen molar-refractivity contribution in [2.75, 3.05) is 13.1 Å². The van der Waals surface area contributed by atoms with Crippen LogP contribution in [0.1, 0.15) is 6.42 Å². The number of carbonyl (C=O) groups is 1. The van der Waals surface area contributed by atoms with Crippen LogP contribution >= 0.6 is 0 Å². The topological polar surface area (TPSA) is 81.1 Å². The summed E-state index contributed by atoms with van der Waals surface area (Å²) in [6.45, 7) is 0.0885. The molecule has 1 amide bonds. The molecular weight excluding hydrogens is 192 g/mol. The van der Waals surface area contributed by atoms with Crippen LogP contribution in [0.3, 0.4) is 0 Å². The summed E-state index contributed by atoms with van der Waals surface area (Å²) in [6, 6.07) is -1.28. The molecule has 0 spiro atoms. The molecule has 6 heteroatoms. The third-order valence-corrected chi connectivity index (χ3v) is 1.46. The number of rotatable bonds is 6. The van der Waals surface area contributed by atoms with E-state index in [-0.39, 0.29) is 6.54 Å². The van der Waals surface area contributed by atoms with Crippen LogP contribution in [0.25, 0.3) is 0 Å². The highest BCUT2D eigenvalue weighted by molar-refractivity contribution is 5.78. The number of nitrogens with two attached hydrogens (primary N) is 2. The van der Waals surface area contributed by atoms with Crippen molar-refractivity contribution in [1.82, 2.24) is 5.32 Å². The van der Waals surface area contributed by atoms with Crippen LogP contribution in [0, 0.1) is 0 Å². The first-order valence-electron chi connectivity index (χ1n) is 4.26. The molecule has 0 aliphatic heterocycles. The first-order valence-corrected chi connectivity index (χ1v) is 4.26. The van der Waals surface area contributed by atoms with Crippen molar-refractivity contribution in [2.45, 2.75) is 18.9 Å². The Morgan fingerprint density at radius 3 is 2.50 bits per heavy atom. The van der Waals surface area contributed by atoms with Crippen LogP contribution in [0.4, 0.5) is 8.78 Å². The molecule has 0 bridgehead atoms. The molecule has 0 aliphatic carbocycles. The predicted octanol–water partition coefficient (Wildman–Crippen LogP) is -0.400. The van der Waals surface area contributed by atoms with E-state index in [1.54, 1.807) is 0 Å². The average molecular weight is 207 g/mol. The van der Waals surface area contributed by atoms with Crippen molar-refractivity contribution >= 4 is 5.91 Å². The fraction of sp³-hybridized carbons (Fsp3) is 0.625. The Balaban J connectivity index is 4.08. The molecular formula is C8H15F2N3O. The van der Waals surface area contributed by atoms with Crippen molar-refractivity contribution in [3.8, 4) is 0 Å². The predicted molar refractivity (Wildman–Crippen MR) is 49.8 cm³/mol. The molecule has 0 rings (SSSR count).